The van der Waals surface area contributed by atoms with E-state index >= 15 is 0 Å². The second-order valence-electron chi connectivity index (χ2n) is 20.8. The predicted octanol–water partition coefficient (Wildman–Crippen LogP) is 22.9. The van der Waals surface area contributed by atoms with E-state index in [2.05, 4.69) is 166 Å². The fraction of sp³-hybridized carbons (Fsp3) is 1.00. The molecule has 0 aliphatic heterocycles. The van der Waals surface area contributed by atoms with Gasteiger partial charge in [-0.2, -0.15) is 0 Å². The molecule has 0 aliphatic rings. The number of hydrogen-bond donors (Lipinski definition) is 0. The van der Waals surface area contributed by atoms with Crippen molar-refractivity contribution in [1.82, 2.24) is 0 Å². The summed E-state index contributed by atoms with van der Waals surface area (Å²) in [6.45, 7) is 55.6. The third kappa shape index (κ3) is 50.5. The maximum absolute atomic E-state index is 2.39. The minimum absolute atomic E-state index is 0.667. The molecule has 10 atom stereocenters. The van der Waals surface area contributed by atoms with Gasteiger partial charge in [-0.1, -0.05) is 314 Å². The Hall–Kier alpha value is 0. The molecule has 0 saturated heterocycles. The van der Waals surface area contributed by atoms with Gasteiger partial charge in [0.2, 0.25) is 0 Å². The van der Waals surface area contributed by atoms with Crippen molar-refractivity contribution >= 4 is 0 Å². The summed E-state index contributed by atoms with van der Waals surface area (Å²) in [5, 5.41) is 0. The highest BCUT2D eigenvalue weighted by Gasteiger charge is 2.20. The largest absolute Gasteiger partial charge is 0.0654 e. The van der Waals surface area contributed by atoms with Crippen molar-refractivity contribution in [3.63, 3.8) is 0 Å². The summed E-state index contributed by atoms with van der Waals surface area (Å²) in [5.41, 5.74) is 0.667. The Balaban J connectivity index is -0.000000144. The average molecular weight is 840 g/mol. The lowest BCUT2D eigenvalue weighted by molar-refractivity contribution is 0.240. The minimum atomic E-state index is 0.667. The summed E-state index contributed by atoms with van der Waals surface area (Å²) in [4.78, 5) is 0. The predicted molar refractivity (Wildman–Crippen MR) is 284 cm³/mol. The van der Waals surface area contributed by atoms with E-state index in [1.807, 2.05) is 0 Å². The van der Waals surface area contributed by atoms with Gasteiger partial charge in [0.1, 0.15) is 0 Å². The molecule has 0 radical (unpaired) electrons. The van der Waals surface area contributed by atoms with Crippen LogP contribution >= 0.6 is 0 Å². The summed E-state index contributed by atoms with van der Waals surface area (Å²) in [7, 11) is 0. The molecule has 59 heavy (non-hydrogen) atoms. The topological polar surface area (TPSA) is 0 Å². The zero-order valence-corrected chi connectivity index (χ0v) is 47.2. The van der Waals surface area contributed by atoms with E-state index in [4.69, 9.17) is 0 Å². The van der Waals surface area contributed by atoms with Crippen LogP contribution in [0.3, 0.4) is 0 Å². The van der Waals surface area contributed by atoms with Gasteiger partial charge in [0.05, 0.1) is 0 Å². The summed E-state index contributed by atoms with van der Waals surface area (Å²) < 4.78 is 0. The third-order valence-electron chi connectivity index (χ3n) is 15.2. The van der Waals surface area contributed by atoms with Crippen molar-refractivity contribution in [2.45, 2.75) is 320 Å². The van der Waals surface area contributed by atoms with Crippen LogP contribution in [-0.2, 0) is 0 Å². The summed E-state index contributed by atoms with van der Waals surface area (Å²) in [6.07, 6.45) is 33.0. The van der Waals surface area contributed by atoms with Crippen LogP contribution in [0.15, 0.2) is 0 Å². The van der Waals surface area contributed by atoms with Gasteiger partial charge < -0.3 is 0 Å². The first-order valence-electron chi connectivity index (χ1n) is 27.8. The molecule has 0 aromatic heterocycles. The molecule has 0 aromatic rings. The Morgan fingerprint density at radius 2 is 0.441 bits per heavy atom. The molecule has 0 saturated carbocycles. The van der Waals surface area contributed by atoms with Gasteiger partial charge in [-0.25, -0.2) is 0 Å². The van der Waals surface area contributed by atoms with E-state index in [9.17, 15) is 0 Å². The van der Waals surface area contributed by atoms with Crippen LogP contribution in [0, 0.1) is 64.6 Å². The van der Waals surface area contributed by atoms with Crippen LogP contribution in [0.1, 0.15) is 320 Å². The van der Waals surface area contributed by atoms with E-state index in [1.165, 1.54) is 154 Å². The molecule has 366 valence electrons. The van der Waals surface area contributed by atoms with Crippen LogP contribution in [0.25, 0.3) is 0 Å². The van der Waals surface area contributed by atoms with Gasteiger partial charge in [-0.15, -0.1) is 0 Å². The highest BCUT2D eigenvalue weighted by molar-refractivity contribution is 4.72. The fourth-order valence-electron chi connectivity index (χ4n) is 8.68. The van der Waals surface area contributed by atoms with Crippen LogP contribution in [-0.4, -0.2) is 0 Å². The summed E-state index contributed by atoms with van der Waals surface area (Å²) >= 11 is 0. The third-order valence-corrected chi connectivity index (χ3v) is 15.2. The van der Waals surface area contributed by atoms with E-state index in [-0.39, 0.29) is 0 Å². The highest BCUT2D eigenvalue weighted by atomic mass is 14.3. The van der Waals surface area contributed by atoms with Gasteiger partial charge >= 0.3 is 0 Å². The van der Waals surface area contributed by atoms with Gasteiger partial charge in [-0.05, 0) is 71.0 Å². The van der Waals surface area contributed by atoms with Crippen molar-refractivity contribution in [2.75, 3.05) is 0 Å². The summed E-state index contributed by atoms with van der Waals surface area (Å²) in [6, 6.07) is 0. The Bertz CT molecular complexity index is 645. The van der Waals surface area contributed by atoms with E-state index in [1.54, 1.807) is 0 Å². The lowest BCUT2D eigenvalue weighted by Gasteiger charge is -2.28. The van der Waals surface area contributed by atoms with Gasteiger partial charge in [0.15, 0.2) is 0 Å². The van der Waals surface area contributed by atoms with E-state index in [0.29, 0.717) is 5.41 Å². The lowest BCUT2D eigenvalue weighted by Crippen LogP contribution is -2.15. The molecule has 0 fully saturated rings. The monoisotopic (exact) mass is 839 g/mol. The number of rotatable bonds is 29. The Labute approximate surface area is 383 Å². The molecule has 0 amide bonds. The normalized spacial score (nSPS) is 16.1. The summed E-state index contributed by atoms with van der Waals surface area (Å²) in [5.74, 6) is 9.35. The zero-order chi connectivity index (χ0) is 47.2. The smallest absolute Gasteiger partial charge is 0.0308 e. The first-order valence-corrected chi connectivity index (χ1v) is 27.8. The molecule has 0 nitrogen and oxygen atoms in total. The van der Waals surface area contributed by atoms with Crippen LogP contribution in [0.4, 0.5) is 0 Å². The molecular weight excluding hydrogens is 709 g/mol. The Morgan fingerprint density at radius 3 is 0.627 bits per heavy atom. The molecule has 0 aliphatic carbocycles. The van der Waals surface area contributed by atoms with Crippen molar-refractivity contribution < 1.29 is 0 Å². The highest BCUT2D eigenvalue weighted by Crippen LogP contribution is 2.33. The van der Waals surface area contributed by atoms with Gasteiger partial charge in [-0.3, -0.25) is 0 Å². The fourth-order valence-corrected chi connectivity index (χ4v) is 8.68. The van der Waals surface area contributed by atoms with Crippen LogP contribution in [0.5, 0.6) is 0 Å². The second-order valence-corrected chi connectivity index (χ2v) is 20.8. The standard InChI is InChI=1S/C12H26.C11H24.C10H22.2C9H20.C8H18/c1-5-7-11(3)9-10-12(4)8-6-2;1-5-7-10(3)9-11(4)8-6-2;1-5-7-9(3)10(4)8-6-2;1-5-7-9(4)8(3)6-2;1-5-9(6-2,7-3)8-4;1-5-7(3)8(4)6-2/h11-12H,5-10H2,1-4H3;10-11H,5-9H2,1-4H3;9-10H,5-8H2,1-4H3;8-9H,5-7H2,1-4H3;5-8H2,1-4H3;7-8H,5-6H2,1-4H3. The van der Waals surface area contributed by atoms with Crippen molar-refractivity contribution in [2.24, 2.45) is 64.6 Å². The lowest BCUT2D eigenvalue weighted by atomic mass is 9.78. The molecule has 0 N–H and O–H groups in total. The van der Waals surface area contributed by atoms with E-state index in [0.717, 1.165) is 59.2 Å². The maximum atomic E-state index is 2.39. The second kappa shape index (κ2) is 52.3. The molecule has 0 spiro atoms. The first kappa shape index (κ1) is 70.7. The molecular formula is C59H130. The SMILES string of the molecule is CCC(C)C(C)CC.CCC(CC)(CC)CC.CCCC(C)C(C)CC.CCCC(C)C(C)CCC.CCCC(C)CC(C)CCC.CCCC(C)CCC(C)CCC. The van der Waals surface area contributed by atoms with Crippen LogP contribution in [0.2, 0.25) is 0 Å². The van der Waals surface area contributed by atoms with Crippen LogP contribution < -0.4 is 0 Å². The van der Waals surface area contributed by atoms with Gasteiger partial charge in [0.25, 0.3) is 0 Å². The maximum Gasteiger partial charge on any atom is -0.0308 e. The number of hydrogen-bond acceptors (Lipinski definition) is 0. The molecule has 0 bridgehead atoms. The first-order chi connectivity index (χ1) is 27.8. The Morgan fingerprint density at radius 1 is 0.237 bits per heavy atom. The Kier molecular flexibility index (Phi) is 62.7. The van der Waals surface area contributed by atoms with Crippen molar-refractivity contribution in [3.05, 3.63) is 0 Å². The molecule has 10 unspecified atom stereocenters. The molecule has 0 aromatic carbocycles. The zero-order valence-electron chi connectivity index (χ0n) is 47.2. The molecule has 0 heteroatoms. The van der Waals surface area contributed by atoms with Crippen molar-refractivity contribution in [1.29, 1.82) is 0 Å². The average Bonchev–Trinajstić information content (AvgIpc) is 3.22. The minimum Gasteiger partial charge on any atom is -0.0654 e. The van der Waals surface area contributed by atoms with Crippen molar-refractivity contribution in [3.8, 4) is 0 Å². The molecule has 0 rings (SSSR count). The van der Waals surface area contributed by atoms with Gasteiger partial charge in [0, 0.05) is 0 Å². The van der Waals surface area contributed by atoms with E-state index < -0.39 is 0 Å². The molecule has 0 heterocycles. The quantitative estimate of drug-likeness (QED) is 0.0704.